The summed E-state index contributed by atoms with van der Waals surface area (Å²) in [4.78, 5) is 26.7. The summed E-state index contributed by atoms with van der Waals surface area (Å²) in [7, 11) is 0. The molecule has 2 aliphatic rings. The minimum atomic E-state index is -0.443. The molecule has 0 saturated carbocycles. The van der Waals surface area contributed by atoms with Crippen molar-refractivity contribution in [1.29, 1.82) is 0 Å². The maximum Gasteiger partial charge on any atom is 0.254 e. The average Bonchev–Trinajstić information content (AvgIpc) is 2.68. The Hall–Kier alpha value is -3.21. The second-order valence-electron chi connectivity index (χ2n) is 9.25. The number of rotatable bonds is 3. The second-order valence-corrected chi connectivity index (χ2v) is 9.25. The van der Waals surface area contributed by atoms with E-state index in [0.29, 0.717) is 23.3 Å². The Kier molecular flexibility index (Phi) is 5.29. The number of benzene rings is 2. The van der Waals surface area contributed by atoms with E-state index in [4.69, 9.17) is 0 Å². The molecule has 1 atom stereocenters. The van der Waals surface area contributed by atoms with Gasteiger partial charge in [0.1, 0.15) is 5.82 Å². The molecule has 1 heterocycles. The predicted octanol–water partition coefficient (Wildman–Crippen LogP) is 5.38. The molecular weight excluding hydrogens is 391 g/mol. The van der Waals surface area contributed by atoms with Crippen molar-refractivity contribution in [3.63, 3.8) is 0 Å². The fourth-order valence-corrected chi connectivity index (χ4v) is 4.69. The summed E-state index contributed by atoms with van der Waals surface area (Å²) < 4.78 is 13.3. The molecular formula is C26H27FN2O2. The highest BCUT2D eigenvalue weighted by molar-refractivity contribution is 6.10. The number of anilines is 1. The Balaban J connectivity index is 1.81. The Bertz CT molecular complexity index is 1130. The van der Waals surface area contributed by atoms with Gasteiger partial charge in [0.2, 0.25) is 0 Å². The molecule has 2 aromatic carbocycles. The van der Waals surface area contributed by atoms with Crippen LogP contribution in [0.5, 0.6) is 0 Å². The first-order chi connectivity index (χ1) is 14.7. The maximum absolute atomic E-state index is 13.4. The molecule has 0 fully saturated rings. The second kappa shape index (κ2) is 7.80. The normalized spacial score (nSPS) is 20.3. The van der Waals surface area contributed by atoms with Gasteiger partial charge < -0.3 is 10.6 Å². The molecule has 2 aromatic rings. The molecule has 0 bridgehead atoms. The van der Waals surface area contributed by atoms with Gasteiger partial charge >= 0.3 is 0 Å². The van der Waals surface area contributed by atoms with E-state index in [9.17, 15) is 14.0 Å². The number of dihydropyridines is 1. The summed E-state index contributed by atoms with van der Waals surface area (Å²) in [6.07, 6.45) is 1.20. The molecule has 4 nitrogen and oxygen atoms in total. The number of carbonyl (C=O) groups is 2. The highest BCUT2D eigenvalue weighted by atomic mass is 19.1. The van der Waals surface area contributed by atoms with Crippen molar-refractivity contribution >= 4 is 17.4 Å². The van der Waals surface area contributed by atoms with Gasteiger partial charge in [0.05, 0.1) is 0 Å². The van der Waals surface area contributed by atoms with E-state index in [-0.39, 0.29) is 22.9 Å². The number of allylic oxidation sites excluding steroid dienone is 3. The van der Waals surface area contributed by atoms with Crippen LogP contribution >= 0.6 is 0 Å². The lowest BCUT2D eigenvalue weighted by Gasteiger charge is -2.40. The van der Waals surface area contributed by atoms with Gasteiger partial charge in [0.15, 0.2) is 5.78 Å². The van der Waals surface area contributed by atoms with Gasteiger partial charge in [0, 0.05) is 40.6 Å². The minimum absolute atomic E-state index is 0.0755. The monoisotopic (exact) mass is 418 g/mol. The van der Waals surface area contributed by atoms with Gasteiger partial charge in [-0.1, -0.05) is 38.1 Å². The zero-order chi connectivity index (χ0) is 22.3. The van der Waals surface area contributed by atoms with Crippen molar-refractivity contribution in [1.82, 2.24) is 5.32 Å². The van der Waals surface area contributed by atoms with Crippen LogP contribution in [0.4, 0.5) is 10.1 Å². The lowest BCUT2D eigenvalue weighted by Crippen LogP contribution is -2.39. The standard InChI is InChI=1S/C26H27FN2O2/c1-15-7-5-6-8-19(15)23-22(25(31)29-18-11-9-17(27)10-12-18)16(2)28-20-13-26(3,4)14-21(30)24(20)23/h5-12,23,28H,13-14H2,1-4H3,(H,29,31)/t23-/m1/s1. The summed E-state index contributed by atoms with van der Waals surface area (Å²) in [6, 6.07) is 13.6. The zero-order valence-corrected chi connectivity index (χ0v) is 18.3. The lowest BCUT2D eigenvalue weighted by molar-refractivity contribution is -0.118. The number of hydrogen-bond acceptors (Lipinski definition) is 3. The quantitative estimate of drug-likeness (QED) is 0.704. The van der Waals surface area contributed by atoms with E-state index < -0.39 is 5.92 Å². The van der Waals surface area contributed by atoms with E-state index in [1.54, 1.807) is 0 Å². The molecule has 2 N–H and O–H groups in total. The molecule has 1 aliphatic carbocycles. The number of aryl methyl sites for hydroxylation is 1. The van der Waals surface area contributed by atoms with E-state index in [2.05, 4.69) is 24.5 Å². The molecule has 4 rings (SSSR count). The molecule has 0 spiro atoms. The number of Topliss-reactive ketones (excluding diaryl/α,β-unsaturated/α-hetero) is 1. The van der Waals surface area contributed by atoms with Crippen LogP contribution in [0.15, 0.2) is 71.1 Å². The molecule has 31 heavy (non-hydrogen) atoms. The first-order valence-electron chi connectivity index (χ1n) is 10.5. The number of carbonyl (C=O) groups excluding carboxylic acids is 2. The molecule has 0 unspecified atom stereocenters. The average molecular weight is 419 g/mol. The van der Waals surface area contributed by atoms with Gasteiger partial charge in [0.25, 0.3) is 5.91 Å². The Labute approximate surface area is 182 Å². The molecule has 1 amide bonds. The first kappa shape index (κ1) is 21.0. The zero-order valence-electron chi connectivity index (χ0n) is 18.3. The van der Waals surface area contributed by atoms with Crippen LogP contribution in [0.2, 0.25) is 0 Å². The van der Waals surface area contributed by atoms with Gasteiger partial charge in [-0.15, -0.1) is 0 Å². The maximum atomic E-state index is 13.4. The smallest absolute Gasteiger partial charge is 0.254 e. The first-order valence-corrected chi connectivity index (χ1v) is 10.5. The van der Waals surface area contributed by atoms with E-state index >= 15 is 0 Å². The van der Waals surface area contributed by atoms with Gasteiger partial charge in [-0.25, -0.2) is 4.39 Å². The van der Waals surface area contributed by atoms with Crippen LogP contribution in [0.25, 0.3) is 0 Å². The van der Waals surface area contributed by atoms with E-state index in [0.717, 1.165) is 28.9 Å². The SMILES string of the molecule is CC1=C(C(=O)Nc2ccc(F)cc2)[C@@H](c2ccccc2C)C2=C(CC(C)(C)CC2=O)N1. The van der Waals surface area contributed by atoms with Crippen LogP contribution in [0.3, 0.4) is 0 Å². The molecule has 0 aromatic heterocycles. The fourth-order valence-electron chi connectivity index (χ4n) is 4.69. The molecule has 5 heteroatoms. The fraction of sp³-hybridized carbons (Fsp3) is 0.308. The van der Waals surface area contributed by atoms with Gasteiger partial charge in [-0.2, -0.15) is 0 Å². The number of ketones is 1. The van der Waals surface area contributed by atoms with Crippen LogP contribution in [-0.2, 0) is 9.59 Å². The molecule has 0 saturated heterocycles. The summed E-state index contributed by atoms with van der Waals surface area (Å²) >= 11 is 0. The summed E-state index contributed by atoms with van der Waals surface area (Å²) in [5.41, 5.74) is 5.20. The highest BCUT2D eigenvalue weighted by Crippen LogP contribution is 2.47. The van der Waals surface area contributed by atoms with Crippen LogP contribution in [0, 0.1) is 18.2 Å². The van der Waals surface area contributed by atoms with Crippen LogP contribution in [0.1, 0.15) is 50.7 Å². The van der Waals surface area contributed by atoms with Crippen LogP contribution < -0.4 is 10.6 Å². The van der Waals surface area contributed by atoms with Crippen LogP contribution in [-0.4, -0.2) is 11.7 Å². The van der Waals surface area contributed by atoms with Gasteiger partial charge in [-0.3, -0.25) is 9.59 Å². The van der Waals surface area contributed by atoms with Crippen molar-refractivity contribution in [3.8, 4) is 0 Å². The Morgan fingerprint density at radius 1 is 1.06 bits per heavy atom. The highest BCUT2D eigenvalue weighted by Gasteiger charge is 2.43. The largest absolute Gasteiger partial charge is 0.362 e. The summed E-state index contributed by atoms with van der Waals surface area (Å²) in [5, 5.41) is 6.24. The van der Waals surface area contributed by atoms with Crippen molar-refractivity contribution in [2.24, 2.45) is 5.41 Å². The number of nitrogens with one attached hydrogen (secondary N) is 2. The van der Waals surface area contributed by atoms with Crippen molar-refractivity contribution in [2.45, 2.75) is 46.5 Å². The molecule has 160 valence electrons. The molecule has 1 aliphatic heterocycles. The van der Waals surface area contributed by atoms with Crippen molar-refractivity contribution in [3.05, 3.63) is 88.0 Å². The predicted molar refractivity (Wildman–Crippen MR) is 120 cm³/mol. The summed E-state index contributed by atoms with van der Waals surface area (Å²) in [6.45, 7) is 8.06. The summed E-state index contributed by atoms with van der Waals surface area (Å²) in [5.74, 6) is -1.03. The molecule has 0 radical (unpaired) electrons. The van der Waals surface area contributed by atoms with Crippen molar-refractivity contribution < 1.29 is 14.0 Å². The third-order valence-corrected chi connectivity index (χ3v) is 6.09. The Morgan fingerprint density at radius 3 is 2.42 bits per heavy atom. The number of hydrogen-bond donors (Lipinski definition) is 2. The lowest BCUT2D eigenvalue weighted by atomic mass is 9.68. The topological polar surface area (TPSA) is 58.2 Å². The third-order valence-electron chi connectivity index (χ3n) is 6.09. The minimum Gasteiger partial charge on any atom is -0.362 e. The van der Waals surface area contributed by atoms with Gasteiger partial charge in [-0.05, 0) is 61.1 Å². The Morgan fingerprint density at radius 2 is 1.74 bits per heavy atom. The number of halogens is 1. The third kappa shape index (κ3) is 4.05. The van der Waals surface area contributed by atoms with E-state index in [1.165, 1.54) is 24.3 Å². The van der Waals surface area contributed by atoms with Crippen molar-refractivity contribution in [2.75, 3.05) is 5.32 Å². The number of amides is 1. The van der Waals surface area contributed by atoms with E-state index in [1.807, 2.05) is 38.1 Å².